The maximum atomic E-state index is 12.4. The highest BCUT2D eigenvalue weighted by molar-refractivity contribution is 7.99. The number of amides is 1. The van der Waals surface area contributed by atoms with Gasteiger partial charge in [-0.2, -0.15) is 4.68 Å². The third-order valence-corrected chi connectivity index (χ3v) is 6.06. The van der Waals surface area contributed by atoms with Crippen molar-refractivity contribution in [2.24, 2.45) is 11.8 Å². The zero-order valence-corrected chi connectivity index (χ0v) is 16.2. The maximum Gasteiger partial charge on any atom is 0.230 e. The summed E-state index contributed by atoms with van der Waals surface area (Å²) in [5, 5.41) is 15.6. The lowest BCUT2D eigenvalue weighted by molar-refractivity contribution is -0.120. The highest BCUT2D eigenvalue weighted by Crippen LogP contribution is 2.29. The zero-order chi connectivity index (χ0) is 18.5. The second-order valence-electron chi connectivity index (χ2n) is 6.80. The minimum absolute atomic E-state index is 0.0326. The summed E-state index contributed by atoms with van der Waals surface area (Å²) in [6.07, 6.45) is 3.49. The van der Waals surface area contributed by atoms with Gasteiger partial charge in [-0.1, -0.05) is 38.5 Å². The topological polar surface area (TPSA) is 81.9 Å². The molecule has 26 heavy (non-hydrogen) atoms. The van der Waals surface area contributed by atoms with E-state index < -0.39 is 0 Å². The molecule has 0 unspecified atom stereocenters. The highest BCUT2D eigenvalue weighted by Gasteiger charge is 2.28. The molecule has 1 amide bonds. The van der Waals surface area contributed by atoms with E-state index in [-0.39, 0.29) is 11.9 Å². The molecule has 2 aromatic rings. The summed E-state index contributed by atoms with van der Waals surface area (Å²) in [4.78, 5) is 12.4. The van der Waals surface area contributed by atoms with E-state index in [1.54, 1.807) is 11.8 Å². The summed E-state index contributed by atoms with van der Waals surface area (Å²) in [5.74, 6) is 2.27. The smallest absolute Gasteiger partial charge is 0.230 e. The molecule has 3 atom stereocenters. The fraction of sp³-hybridized carbons (Fsp3) is 0.556. The Morgan fingerprint density at radius 2 is 2.08 bits per heavy atom. The van der Waals surface area contributed by atoms with Crippen molar-refractivity contribution in [2.45, 2.75) is 44.3 Å². The Morgan fingerprint density at radius 3 is 2.81 bits per heavy atom. The molecule has 1 heterocycles. The van der Waals surface area contributed by atoms with Crippen molar-refractivity contribution in [1.82, 2.24) is 25.5 Å². The number of hydrogen-bond donors (Lipinski definition) is 1. The Balaban J connectivity index is 1.58. The molecule has 1 saturated carbocycles. The number of aromatic nitrogens is 4. The molecule has 1 aliphatic rings. The fourth-order valence-corrected chi connectivity index (χ4v) is 4.02. The van der Waals surface area contributed by atoms with E-state index in [0.717, 1.165) is 17.9 Å². The average molecular weight is 375 g/mol. The van der Waals surface area contributed by atoms with Crippen molar-refractivity contribution in [3.63, 3.8) is 0 Å². The standard InChI is InChI=1S/C18H25N5O2S/c1-12-5-4-6-16(13(12)2)19-17(24)11-26-18-20-21-22-23(18)14-7-9-15(25-3)10-8-14/h7-10,12-13,16H,4-6,11H2,1-3H3,(H,19,24)/t12-,13+,16+/m0/s1. The van der Waals surface area contributed by atoms with E-state index in [2.05, 4.69) is 34.7 Å². The second-order valence-corrected chi connectivity index (χ2v) is 7.74. The molecule has 3 rings (SSSR count). The predicted octanol–water partition coefficient (Wildman–Crippen LogP) is 2.70. The highest BCUT2D eigenvalue weighted by atomic mass is 32.2. The third-order valence-electron chi connectivity index (χ3n) is 5.14. The van der Waals surface area contributed by atoms with Gasteiger partial charge in [0.15, 0.2) is 0 Å². The number of hydrogen-bond acceptors (Lipinski definition) is 6. The minimum Gasteiger partial charge on any atom is -0.497 e. The monoisotopic (exact) mass is 375 g/mol. The molecule has 0 bridgehead atoms. The number of nitrogens with zero attached hydrogens (tertiary/aromatic N) is 4. The number of thioether (sulfide) groups is 1. The molecule has 1 fully saturated rings. The van der Waals surface area contributed by atoms with Crippen LogP contribution in [0.4, 0.5) is 0 Å². The molecular weight excluding hydrogens is 350 g/mol. The molecule has 0 spiro atoms. The molecule has 1 aromatic heterocycles. The average Bonchev–Trinajstić information content (AvgIpc) is 3.12. The Kier molecular flexibility index (Phi) is 6.13. The van der Waals surface area contributed by atoms with Crippen LogP contribution < -0.4 is 10.1 Å². The van der Waals surface area contributed by atoms with Crippen LogP contribution in [0.1, 0.15) is 33.1 Å². The Morgan fingerprint density at radius 1 is 1.31 bits per heavy atom. The molecule has 0 radical (unpaired) electrons. The lowest BCUT2D eigenvalue weighted by atomic mass is 9.78. The van der Waals surface area contributed by atoms with Gasteiger partial charge in [0.25, 0.3) is 0 Å². The van der Waals surface area contributed by atoms with Gasteiger partial charge in [-0.15, -0.1) is 5.10 Å². The van der Waals surface area contributed by atoms with Gasteiger partial charge >= 0.3 is 0 Å². The molecule has 1 aliphatic carbocycles. The first-order valence-corrected chi connectivity index (χ1v) is 9.92. The lowest BCUT2D eigenvalue weighted by Gasteiger charge is -2.34. The van der Waals surface area contributed by atoms with Gasteiger partial charge in [-0.05, 0) is 52.9 Å². The SMILES string of the molecule is COc1ccc(-n2nnnc2SCC(=O)N[C@@H]2CCC[C@H](C)[C@H]2C)cc1. The number of nitrogens with one attached hydrogen (secondary N) is 1. The third kappa shape index (κ3) is 4.35. The second kappa shape index (κ2) is 8.53. The van der Waals surface area contributed by atoms with Crippen LogP contribution in [0.5, 0.6) is 5.75 Å². The molecular formula is C18H25N5O2S. The first kappa shape index (κ1) is 18.7. The van der Waals surface area contributed by atoms with Gasteiger partial charge in [-0.3, -0.25) is 4.79 Å². The summed E-state index contributed by atoms with van der Waals surface area (Å²) in [6, 6.07) is 7.73. The zero-order valence-electron chi connectivity index (χ0n) is 15.4. The molecule has 1 N–H and O–H groups in total. The Bertz CT molecular complexity index is 733. The van der Waals surface area contributed by atoms with Crippen LogP contribution in [-0.2, 0) is 4.79 Å². The van der Waals surface area contributed by atoms with Crippen molar-refractivity contribution in [1.29, 1.82) is 0 Å². The lowest BCUT2D eigenvalue weighted by Crippen LogP contribution is -2.44. The van der Waals surface area contributed by atoms with E-state index in [4.69, 9.17) is 4.74 Å². The quantitative estimate of drug-likeness (QED) is 0.782. The van der Waals surface area contributed by atoms with E-state index in [0.29, 0.717) is 22.7 Å². The van der Waals surface area contributed by atoms with Crippen molar-refractivity contribution in [2.75, 3.05) is 12.9 Å². The van der Waals surface area contributed by atoms with Crippen molar-refractivity contribution in [3.8, 4) is 11.4 Å². The van der Waals surface area contributed by atoms with Crippen LogP contribution in [0.3, 0.4) is 0 Å². The van der Waals surface area contributed by atoms with Gasteiger partial charge in [0.2, 0.25) is 11.1 Å². The van der Waals surface area contributed by atoms with Crippen molar-refractivity contribution >= 4 is 17.7 Å². The van der Waals surface area contributed by atoms with Gasteiger partial charge in [0.1, 0.15) is 5.75 Å². The van der Waals surface area contributed by atoms with Crippen molar-refractivity contribution in [3.05, 3.63) is 24.3 Å². The van der Waals surface area contributed by atoms with Crippen LogP contribution in [0.15, 0.2) is 29.4 Å². The molecule has 8 heteroatoms. The van der Waals surface area contributed by atoms with E-state index in [1.807, 2.05) is 24.3 Å². The number of carbonyl (C=O) groups is 1. The van der Waals surface area contributed by atoms with Crippen LogP contribution >= 0.6 is 11.8 Å². The van der Waals surface area contributed by atoms with Crippen LogP contribution in [-0.4, -0.2) is 45.0 Å². The van der Waals surface area contributed by atoms with Crippen molar-refractivity contribution < 1.29 is 9.53 Å². The predicted molar refractivity (Wildman–Crippen MR) is 101 cm³/mol. The Hall–Kier alpha value is -2.09. The minimum atomic E-state index is 0.0326. The molecule has 7 nitrogen and oxygen atoms in total. The van der Waals surface area contributed by atoms with Gasteiger partial charge in [-0.25, -0.2) is 0 Å². The summed E-state index contributed by atoms with van der Waals surface area (Å²) in [5.41, 5.74) is 0.827. The van der Waals surface area contributed by atoms with Crippen LogP contribution in [0.2, 0.25) is 0 Å². The maximum absolute atomic E-state index is 12.4. The van der Waals surface area contributed by atoms with E-state index in [1.165, 1.54) is 24.6 Å². The molecule has 1 aromatic carbocycles. The summed E-state index contributed by atoms with van der Waals surface area (Å²) < 4.78 is 6.79. The summed E-state index contributed by atoms with van der Waals surface area (Å²) in [7, 11) is 1.62. The first-order valence-electron chi connectivity index (χ1n) is 8.93. The van der Waals surface area contributed by atoms with E-state index in [9.17, 15) is 4.79 Å². The number of tetrazole rings is 1. The number of carbonyl (C=O) groups excluding carboxylic acids is 1. The van der Waals surface area contributed by atoms with Crippen LogP contribution in [0.25, 0.3) is 5.69 Å². The fourth-order valence-electron chi connectivity index (χ4n) is 3.32. The molecule has 0 aliphatic heterocycles. The molecule has 0 saturated heterocycles. The van der Waals surface area contributed by atoms with Gasteiger partial charge < -0.3 is 10.1 Å². The summed E-state index contributed by atoms with van der Waals surface area (Å²) >= 11 is 1.34. The summed E-state index contributed by atoms with van der Waals surface area (Å²) in [6.45, 7) is 4.49. The van der Waals surface area contributed by atoms with Gasteiger partial charge in [0, 0.05) is 6.04 Å². The first-order chi connectivity index (χ1) is 12.6. The largest absolute Gasteiger partial charge is 0.497 e. The number of benzene rings is 1. The Labute approximate surface area is 157 Å². The van der Waals surface area contributed by atoms with Crippen LogP contribution in [0, 0.1) is 11.8 Å². The van der Waals surface area contributed by atoms with E-state index >= 15 is 0 Å². The normalized spacial score (nSPS) is 22.8. The number of rotatable bonds is 6. The number of ether oxygens (including phenoxy) is 1. The molecule has 140 valence electrons. The number of methoxy groups -OCH3 is 1. The van der Waals surface area contributed by atoms with Gasteiger partial charge in [0.05, 0.1) is 18.6 Å².